The Morgan fingerprint density at radius 1 is 1.12 bits per heavy atom. The van der Waals surface area contributed by atoms with E-state index in [1.54, 1.807) is 0 Å². The number of methoxy groups -OCH3 is 1. The molecule has 0 saturated heterocycles. The van der Waals surface area contributed by atoms with Crippen molar-refractivity contribution in [1.29, 1.82) is 0 Å². The van der Waals surface area contributed by atoms with Crippen molar-refractivity contribution in [2.45, 2.75) is 6.92 Å². The number of nitrogen functional groups attached to an aromatic ring is 1. The van der Waals surface area contributed by atoms with E-state index in [4.69, 9.17) is 10.5 Å². The molecule has 6 nitrogen and oxygen atoms in total. The molecule has 1 aromatic heterocycles. The van der Waals surface area contributed by atoms with E-state index in [1.807, 2.05) is 31.2 Å². The highest BCUT2D eigenvalue weighted by Crippen LogP contribution is 2.15. The summed E-state index contributed by atoms with van der Waals surface area (Å²) in [6.07, 6.45) is 0. The van der Waals surface area contributed by atoms with Crippen LogP contribution in [0.4, 0.5) is 17.6 Å². The summed E-state index contributed by atoms with van der Waals surface area (Å²) >= 11 is 0. The summed E-state index contributed by atoms with van der Waals surface area (Å²) in [6, 6.07) is 8.03. The summed E-state index contributed by atoms with van der Waals surface area (Å²) in [4.78, 5) is 11.8. The zero-order valence-electron chi connectivity index (χ0n) is 9.64. The van der Waals surface area contributed by atoms with E-state index in [1.165, 1.54) is 12.7 Å². The molecule has 17 heavy (non-hydrogen) atoms. The van der Waals surface area contributed by atoms with E-state index in [2.05, 4.69) is 20.3 Å². The summed E-state index contributed by atoms with van der Waals surface area (Å²) in [5.41, 5.74) is 7.59. The average molecular weight is 231 g/mol. The van der Waals surface area contributed by atoms with Gasteiger partial charge in [-0.25, -0.2) is 0 Å². The molecular weight excluding hydrogens is 218 g/mol. The van der Waals surface area contributed by atoms with Crippen molar-refractivity contribution < 1.29 is 4.74 Å². The number of nitrogens with two attached hydrogens (primary N) is 1. The van der Waals surface area contributed by atoms with Crippen molar-refractivity contribution in [2.24, 2.45) is 0 Å². The highest BCUT2D eigenvalue weighted by atomic mass is 16.5. The number of benzene rings is 1. The number of aromatic nitrogens is 3. The van der Waals surface area contributed by atoms with E-state index in [0.29, 0.717) is 5.95 Å². The van der Waals surface area contributed by atoms with Gasteiger partial charge in [0.05, 0.1) is 7.11 Å². The van der Waals surface area contributed by atoms with Crippen molar-refractivity contribution >= 4 is 17.6 Å². The van der Waals surface area contributed by atoms with Crippen molar-refractivity contribution in [3.05, 3.63) is 29.8 Å². The molecule has 0 bridgehead atoms. The fraction of sp³-hybridized carbons (Fsp3) is 0.182. The van der Waals surface area contributed by atoms with E-state index in [9.17, 15) is 0 Å². The molecule has 88 valence electrons. The van der Waals surface area contributed by atoms with Crippen LogP contribution in [0.5, 0.6) is 6.01 Å². The lowest BCUT2D eigenvalue weighted by Gasteiger charge is -2.06. The van der Waals surface area contributed by atoms with Gasteiger partial charge in [0.15, 0.2) is 0 Å². The Labute approximate surface area is 98.9 Å². The van der Waals surface area contributed by atoms with Gasteiger partial charge in [0.1, 0.15) is 0 Å². The van der Waals surface area contributed by atoms with Crippen LogP contribution in [0.3, 0.4) is 0 Å². The third kappa shape index (κ3) is 2.81. The predicted octanol–water partition coefficient (Wildman–Crippen LogP) is 1.51. The molecule has 0 aliphatic carbocycles. The van der Waals surface area contributed by atoms with Crippen LogP contribution in [-0.2, 0) is 0 Å². The summed E-state index contributed by atoms with van der Waals surface area (Å²) in [7, 11) is 1.48. The smallest absolute Gasteiger partial charge is 0.322 e. The van der Waals surface area contributed by atoms with Crippen LogP contribution in [0.2, 0.25) is 0 Å². The van der Waals surface area contributed by atoms with Crippen LogP contribution in [0.1, 0.15) is 5.56 Å². The Morgan fingerprint density at radius 2 is 1.82 bits per heavy atom. The number of aryl methyl sites for hydroxylation is 1. The molecule has 6 heteroatoms. The zero-order valence-corrected chi connectivity index (χ0v) is 9.64. The fourth-order valence-electron chi connectivity index (χ4n) is 1.29. The molecule has 1 aromatic carbocycles. The largest absolute Gasteiger partial charge is 0.467 e. The second-order valence-electron chi connectivity index (χ2n) is 3.49. The molecule has 0 spiro atoms. The summed E-state index contributed by atoms with van der Waals surface area (Å²) in [6.45, 7) is 2.02. The van der Waals surface area contributed by atoms with Crippen LogP contribution in [0, 0.1) is 6.92 Å². The lowest BCUT2D eigenvalue weighted by atomic mass is 10.2. The Balaban J connectivity index is 2.23. The Hall–Kier alpha value is -2.37. The maximum atomic E-state index is 5.53. The van der Waals surface area contributed by atoms with Gasteiger partial charge in [-0.15, -0.1) is 0 Å². The number of nitrogens with one attached hydrogen (secondary N) is 1. The normalized spacial score (nSPS) is 10.0. The first-order valence-corrected chi connectivity index (χ1v) is 5.06. The first kappa shape index (κ1) is 11.1. The van der Waals surface area contributed by atoms with E-state index < -0.39 is 0 Å². The lowest BCUT2D eigenvalue weighted by molar-refractivity contribution is 0.380. The Morgan fingerprint density at radius 3 is 2.47 bits per heavy atom. The summed E-state index contributed by atoms with van der Waals surface area (Å²) in [5.74, 6) is 0.477. The van der Waals surface area contributed by atoms with Gasteiger partial charge >= 0.3 is 6.01 Å². The number of rotatable bonds is 3. The molecule has 0 fully saturated rings. The van der Waals surface area contributed by atoms with E-state index in [-0.39, 0.29) is 12.0 Å². The average Bonchev–Trinajstić information content (AvgIpc) is 2.31. The van der Waals surface area contributed by atoms with Gasteiger partial charge in [-0.05, 0) is 19.1 Å². The van der Waals surface area contributed by atoms with E-state index >= 15 is 0 Å². The highest BCUT2D eigenvalue weighted by Gasteiger charge is 2.04. The number of nitrogens with zero attached hydrogens (tertiary/aromatic N) is 3. The van der Waals surface area contributed by atoms with Crippen LogP contribution >= 0.6 is 0 Å². The molecular formula is C11H13N5O. The molecule has 1 heterocycles. The van der Waals surface area contributed by atoms with Gasteiger partial charge in [-0.2, -0.15) is 15.0 Å². The van der Waals surface area contributed by atoms with Crippen LogP contribution < -0.4 is 15.8 Å². The van der Waals surface area contributed by atoms with Gasteiger partial charge in [0.2, 0.25) is 11.9 Å². The number of ether oxygens (including phenoxy) is 1. The van der Waals surface area contributed by atoms with E-state index in [0.717, 1.165) is 5.69 Å². The summed E-state index contributed by atoms with van der Waals surface area (Å²) < 4.78 is 4.91. The molecule has 0 radical (unpaired) electrons. The van der Waals surface area contributed by atoms with Gasteiger partial charge in [0, 0.05) is 5.69 Å². The maximum Gasteiger partial charge on any atom is 0.322 e. The minimum Gasteiger partial charge on any atom is -0.467 e. The molecule has 0 atom stereocenters. The van der Waals surface area contributed by atoms with Crippen LogP contribution in [0.25, 0.3) is 0 Å². The number of hydrogen-bond donors (Lipinski definition) is 2. The minimum absolute atomic E-state index is 0.117. The van der Waals surface area contributed by atoms with Crippen molar-refractivity contribution in [3.8, 4) is 6.01 Å². The molecule has 0 amide bonds. The first-order chi connectivity index (χ1) is 8.17. The SMILES string of the molecule is COc1nc(N)nc(Nc2ccc(C)cc2)n1. The van der Waals surface area contributed by atoms with Gasteiger partial charge in [-0.1, -0.05) is 17.7 Å². The van der Waals surface area contributed by atoms with Gasteiger partial charge < -0.3 is 15.8 Å². The van der Waals surface area contributed by atoms with Crippen LogP contribution in [0.15, 0.2) is 24.3 Å². The standard InChI is InChI=1S/C11H13N5O/c1-7-3-5-8(6-4-7)13-10-14-9(12)15-11(16-10)17-2/h3-6H,1-2H3,(H3,12,13,14,15,16). The van der Waals surface area contributed by atoms with Crippen molar-refractivity contribution in [3.63, 3.8) is 0 Å². The molecule has 0 aliphatic rings. The highest BCUT2D eigenvalue weighted by molar-refractivity contribution is 5.54. The van der Waals surface area contributed by atoms with Gasteiger partial charge in [-0.3, -0.25) is 0 Å². The Kier molecular flexibility index (Phi) is 3.04. The minimum atomic E-state index is 0.117. The Bertz CT molecular complexity index is 512. The van der Waals surface area contributed by atoms with Crippen LogP contribution in [-0.4, -0.2) is 22.1 Å². The van der Waals surface area contributed by atoms with Gasteiger partial charge in [0.25, 0.3) is 0 Å². The monoisotopic (exact) mass is 231 g/mol. The zero-order chi connectivity index (χ0) is 12.3. The molecule has 0 unspecified atom stereocenters. The molecule has 3 N–H and O–H groups in total. The predicted molar refractivity (Wildman–Crippen MR) is 65.3 cm³/mol. The quantitative estimate of drug-likeness (QED) is 0.832. The second kappa shape index (κ2) is 4.65. The molecule has 2 aromatic rings. The maximum absolute atomic E-state index is 5.53. The number of hydrogen-bond acceptors (Lipinski definition) is 6. The molecule has 0 aliphatic heterocycles. The van der Waals surface area contributed by atoms with Crippen molar-refractivity contribution in [2.75, 3.05) is 18.2 Å². The number of anilines is 3. The molecule has 0 saturated carbocycles. The van der Waals surface area contributed by atoms with Crippen molar-refractivity contribution in [1.82, 2.24) is 15.0 Å². The lowest BCUT2D eigenvalue weighted by Crippen LogP contribution is -2.05. The second-order valence-corrected chi connectivity index (χ2v) is 3.49. The first-order valence-electron chi connectivity index (χ1n) is 5.06. The fourth-order valence-corrected chi connectivity index (χ4v) is 1.29. The topological polar surface area (TPSA) is 86.0 Å². The summed E-state index contributed by atoms with van der Waals surface area (Å²) in [5, 5.41) is 3.02. The third-order valence-electron chi connectivity index (χ3n) is 2.12. The molecule has 2 rings (SSSR count). The third-order valence-corrected chi connectivity index (χ3v) is 2.12.